The SMILES string of the molecule is CCCNC(C)CCCCN1CCN(C)c2ccccc21. The molecule has 1 aromatic carbocycles. The Balaban J connectivity index is 1.76. The first-order valence-corrected chi connectivity index (χ1v) is 8.51. The third-order valence-corrected chi connectivity index (χ3v) is 4.40. The predicted octanol–water partition coefficient (Wildman–Crippen LogP) is 3.50. The van der Waals surface area contributed by atoms with Gasteiger partial charge in [-0.1, -0.05) is 25.5 Å². The van der Waals surface area contributed by atoms with Crippen molar-refractivity contribution in [3.63, 3.8) is 0 Å². The van der Waals surface area contributed by atoms with Gasteiger partial charge in [0.15, 0.2) is 0 Å². The molecule has 0 spiro atoms. The number of unbranched alkanes of at least 4 members (excludes halogenated alkanes) is 1. The van der Waals surface area contributed by atoms with Crippen LogP contribution < -0.4 is 15.1 Å². The highest BCUT2D eigenvalue weighted by molar-refractivity contribution is 5.72. The van der Waals surface area contributed by atoms with Crippen LogP contribution in [0.3, 0.4) is 0 Å². The highest BCUT2D eigenvalue weighted by Crippen LogP contribution is 2.31. The van der Waals surface area contributed by atoms with Crippen LogP contribution in [-0.4, -0.2) is 39.3 Å². The molecule has 1 atom stereocenters. The van der Waals surface area contributed by atoms with E-state index in [9.17, 15) is 0 Å². The van der Waals surface area contributed by atoms with Gasteiger partial charge >= 0.3 is 0 Å². The van der Waals surface area contributed by atoms with Crippen LogP contribution in [0.4, 0.5) is 11.4 Å². The molecular weight excluding hydrogens is 258 g/mol. The molecule has 3 heteroatoms. The predicted molar refractivity (Wildman–Crippen MR) is 93.5 cm³/mol. The minimum absolute atomic E-state index is 0.657. The van der Waals surface area contributed by atoms with Crippen molar-refractivity contribution in [3.05, 3.63) is 24.3 Å². The Morgan fingerprint density at radius 3 is 2.67 bits per heavy atom. The molecule has 1 aliphatic rings. The summed E-state index contributed by atoms with van der Waals surface area (Å²) in [6.07, 6.45) is 5.11. The number of hydrogen-bond acceptors (Lipinski definition) is 3. The first-order chi connectivity index (χ1) is 10.2. The highest BCUT2D eigenvalue weighted by Gasteiger charge is 2.18. The van der Waals surface area contributed by atoms with Crippen LogP contribution in [0.15, 0.2) is 24.3 Å². The van der Waals surface area contributed by atoms with E-state index in [-0.39, 0.29) is 0 Å². The molecule has 118 valence electrons. The van der Waals surface area contributed by atoms with Gasteiger partial charge in [-0.05, 0) is 44.9 Å². The van der Waals surface area contributed by atoms with E-state index >= 15 is 0 Å². The number of fused-ring (bicyclic) bond motifs is 1. The van der Waals surface area contributed by atoms with Crippen LogP contribution >= 0.6 is 0 Å². The lowest BCUT2D eigenvalue weighted by Gasteiger charge is -2.37. The first-order valence-electron chi connectivity index (χ1n) is 8.51. The van der Waals surface area contributed by atoms with Gasteiger partial charge in [0.05, 0.1) is 11.4 Å². The number of para-hydroxylation sites is 2. The maximum Gasteiger partial charge on any atom is 0.0604 e. The summed E-state index contributed by atoms with van der Waals surface area (Å²) in [5.41, 5.74) is 2.78. The van der Waals surface area contributed by atoms with Crippen molar-refractivity contribution < 1.29 is 0 Å². The van der Waals surface area contributed by atoms with Crippen molar-refractivity contribution in [2.24, 2.45) is 0 Å². The van der Waals surface area contributed by atoms with Gasteiger partial charge in [0.2, 0.25) is 0 Å². The molecule has 21 heavy (non-hydrogen) atoms. The van der Waals surface area contributed by atoms with Gasteiger partial charge in [-0.2, -0.15) is 0 Å². The molecule has 0 amide bonds. The van der Waals surface area contributed by atoms with Crippen molar-refractivity contribution in [2.45, 2.75) is 45.6 Å². The largest absolute Gasteiger partial charge is 0.371 e. The van der Waals surface area contributed by atoms with Crippen molar-refractivity contribution in [2.75, 3.05) is 43.0 Å². The van der Waals surface area contributed by atoms with E-state index in [1.54, 1.807) is 0 Å². The van der Waals surface area contributed by atoms with Crippen molar-refractivity contribution in [1.82, 2.24) is 5.32 Å². The van der Waals surface area contributed by atoms with E-state index in [0.717, 1.165) is 19.6 Å². The van der Waals surface area contributed by atoms with Crippen LogP contribution in [0, 0.1) is 0 Å². The average Bonchev–Trinajstić information content (AvgIpc) is 2.51. The molecule has 1 unspecified atom stereocenters. The molecule has 0 bridgehead atoms. The Morgan fingerprint density at radius 2 is 1.90 bits per heavy atom. The molecule has 0 radical (unpaired) electrons. The number of likely N-dealkylation sites (N-methyl/N-ethyl adjacent to an activating group) is 1. The fourth-order valence-electron chi connectivity index (χ4n) is 3.04. The van der Waals surface area contributed by atoms with Gasteiger partial charge < -0.3 is 15.1 Å². The summed E-state index contributed by atoms with van der Waals surface area (Å²) in [6.45, 7) is 9.15. The maximum absolute atomic E-state index is 3.57. The van der Waals surface area contributed by atoms with Gasteiger partial charge in [0.25, 0.3) is 0 Å². The molecule has 0 saturated carbocycles. The molecule has 0 aliphatic carbocycles. The second-order valence-corrected chi connectivity index (χ2v) is 6.25. The van der Waals surface area contributed by atoms with Crippen molar-refractivity contribution in [3.8, 4) is 0 Å². The topological polar surface area (TPSA) is 18.5 Å². The van der Waals surface area contributed by atoms with E-state index in [1.807, 2.05) is 0 Å². The standard InChI is InChI=1S/C18H31N3/c1-4-12-19-16(2)9-7-8-13-21-15-14-20(3)17-10-5-6-11-18(17)21/h5-6,10-11,16,19H,4,7-9,12-15H2,1-3H3. The summed E-state index contributed by atoms with van der Waals surface area (Å²) in [5.74, 6) is 0. The van der Waals surface area contributed by atoms with Gasteiger partial charge in [-0.25, -0.2) is 0 Å². The third-order valence-electron chi connectivity index (χ3n) is 4.40. The number of hydrogen-bond donors (Lipinski definition) is 1. The number of rotatable bonds is 8. The molecule has 0 fully saturated rings. The lowest BCUT2D eigenvalue weighted by atomic mass is 10.1. The first kappa shape index (κ1) is 16.2. The summed E-state index contributed by atoms with van der Waals surface area (Å²) in [5, 5.41) is 3.57. The van der Waals surface area contributed by atoms with Crippen LogP contribution in [0.2, 0.25) is 0 Å². The molecule has 0 aromatic heterocycles. The number of nitrogens with zero attached hydrogens (tertiary/aromatic N) is 2. The number of anilines is 2. The van der Waals surface area contributed by atoms with Crippen LogP contribution in [-0.2, 0) is 0 Å². The zero-order valence-corrected chi connectivity index (χ0v) is 13.9. The Labute approximate surface area is 130 Å². The monoisotopic (exact) mass is 289 g/mol. The Bertz CT molecular complexity index is 419. The van der Waals surface area contributed by atoms with Crippen molar-refractivity contribution >= 4 is 11.4 Å². The van der Waals surface area contributed by atoms with Gasteiger partial charge in [0, 0.05) is 32.7 Å². The van der Waals surface area contributed by atoms with E-state index in [2.05, 4.69) is 60.3 Å². The summed E-state index contributed by atoms with van der Waals surface area (Å²) in [4.78, 5) is 4.92. The summed E-state index contributed by atoms with van der Waals surface area (Å²) in [6, 6.07) is 9.45. The Hall–Kier alpha value is -1.22. The fourth-order valence-corrected chi connectivity index (χ4v) is 3.04. The molecule has 0 saturated heterocycles. The van der Waals surface area contributed by atoms with Crippen molar-refractivity contribution in [1.29, 1.82) is 0 Å². The van der Waals surface area contributed by atoms with E-state index < -0.39 is 0 Å². The zero-order chi connectivity index (χ0) is 15.1. The van der Waals surface area contributed by atoms with Crippen LogP contribution in [0.5, 0.6) is 0 Å². The zero-order valence-electron chi connectivity index (χ0n) is 13.9. The number of benzene rings is 1. The van der Waals surface area contributed by atoms with Gasteiger partial charge in [-0.15, -0.1) is 0 Å². The Morgan fingerprint density at radius 1 is 1.14 bits per heavy atom. The smallest absolute Gasteiger partial charge is 0.0604 e. The second kappa shape index (κ2) is 8.28. The molecule has 1 heterocycles. The second-order valence-electron chi connectivity index (χ2n) is 6.25. The van der Waals surface area contributed by atoms with Gasteiger partial charge in [-0.3, -0.25) is 0 Å². The summed E-state index contributed by atoms with van der Waals surface area (Å²) in [7, 11) is 2.19. The normalized spacial score (nSPS) is 16.0. The quantitative estimate of drug-likeness (QED) is 0.739. The molecule has 1 N–H and O–H groups in total. The van der Waals surface area contributed by atoms with Crippen LogP contribution in [0.25, 0.3) is 0 Å². The maximum atomic E-state index is 3.57. The van der Waals surface area contributed by atoms with Crippen LogP contribution in [0.1, 0.15) is 39.5 Å². The van der Waals surface area contributed by atoms with E-state index in [1.165, 1.54) is 43.6 Å². The average molecular weight is 289 g/mol. The third kappa shape index (κ3) is 4.63. The summed E-state index contributed by atoms with van der Waals surface area (Å²) >= 11 is 0. The molecule has 3 nitrogen and oxygen atoms in total. The highest BCUT2D eigenvalue weighted by atomic mass is 15.2. The number of nitrogens with one attached hydrogen (secondary N) is 1. The fraction of sp³-hybridized carbons (Fsp3) is 0.667. The lowest BCUT2D eigenvalue weighted by molar-refractivity contribution is 0.488. The molecule has 1 aromatic rings. The minimum Gasteiger partial charge on any atom is -0.371 e. The lowest BCUT2D eigenvalue weighted by Crippen LogP contribution is -2.39. The molecule has 2 rings (SSSR count). The molecular formula is C18H31N3. The van der Waals surface area contributed by atoms with E-state index in [4.69, 9.17) is 0 Å². The Kier molecular flexibility index (Phi) is 6.37. The minimum atomic E-state index is 0.657. The molecule has 1 aliphatic heterocycles. The summed E-state index contributed by atoms with van der Waals surface area (Å²) < 4.78 is 0. The van der Waals surface area contributed by atoms with Gasteiger partial charge in [0.1, 0.15) is 0 Å². The van der Waals surface area contributed by atoms with E-state index in [0.29, 0.717) is 6.04 Å².